The Bertz CT molecular complexity index is 912. The van der Waals surface area contributed by atoms with Crippen LogP contribution in [0.25, 0.3) is 10.9 Å². The molecule has 0 saturated carbocycles. The molecule has 3 rings (SSSR count). The molecule has 0 aliphatic carbocycles. The number of ketones is 1. The number of carbonyl (C=O) groups is 2. The van der Waals surface area contributed by atoms with E-state index in [2.05, 4.69) is 4.98 Å². The first-order valence-electron chi connectivity index (χ1n) is 6.79. The van der Waals surface area contributed by atoms with Crippen molar-refractivity contribution in [3.8, 4) is 11.5 Å². The van der Waals surface area contributed by atoms with Gasteiger partial charge in [-0.3, -0.25) is 9.59 Å². The van der Waals surface area contributed by atoms with Gasteiger partial charge in [-0.25, -0.2) is 0 Å². The van der Waals surface area contributed by atoms with Crippen molar-refractivity contribution < 1.29 is 19.4 Å². The Morgan fingerprint density at radius 1 is 1.13 bits per heavy atom. The number of hydrogen-bond acceptors (Lipinski definition) is 4. The fourth-order valence-electron chi connectivity index (χ4n) is 2.31. The number of aromatic hydroxyl groups is 1. The third kappa shape index (κ3) is 2.91. The van der Waals surface area contributed by atoms with E-state index in [4.69, 9.17) is 16.3 Å². The number of aromatic amines is 1. The zero-order valence-corrected chi connectivity index (χ0v) is 12.8. The lowest BCUT2D eigenvalue weighted by atomic mass is 10.1. The van der Waals surface area contributed by atoms with Gasteiger partial charge in [0.05, 0.1) is 5.52 Å². The highest BCUT2D eigenvalue weighted by molar-refractivity contribution is 6.31. The first kappa shape index (κ1) is 15.1. The minimum absolute atomic E-state index is 0.0604. The molecule has 23 heavy (non-hydrogen) atoms. The molecule has 0 amide bonds. The van der Waals surface area contributed by atoms with Crippen LogP contribution >= 0.6 is 11.6 Å². The van der Waals surface area contributed by atoms with Crippen molar-refractivity contribution in [3.63, 3.8) is 0 Å². The molecule has 0 bridgehead atoms. The van der Waals surface area contributed by atoms with Gasteiger partial charge >= 0.3 is 5.97 Å². The Balaban J connectivity index is 2.16. The van der Waals surface area contributed by atoms with Gasteiger partial charge in [-0.2, -0.15) is 0 Å². The molecule has 0 unspecified atom stereocenters. The summed E-state index contributed by atoms with van der Waals surface area (Å²) in [5.41, 5.74) is 1.10. The number of rotatable bonds is 3. The number of benzene rings is 2. The van der Waals surface area contributed by atoms with Gasteiger partial charge in [0.2, 0.25) is 5.78 Å². The van der Waals surface area contributed by atoms with Crippen molar-refractivity contribution in [2.45, 2.75) is 6.92 Å². The summed E-state index contributed by atoms with van der Waals surface area (Å²) in [4.78, 5) is 27.0. The van der Waals surface area contributed by atoms with Crippen LogP contribution < -0.4 is 4.74 Å². The summed E-state index contributed by atoms with van der Waals surface area (Å²) in [7, 11) is 0. The van der Waals surface area contributed by atoms with Crippen molar-refractivity contribution in [1.29, 1.82) is 0 Å². The predicted octanol–water partition coefficient (Wildman–Crippen LogP) is 3.68. The second kappa shape index (κ2) is 5.78. The molecule has 0 radical (unpaired) electrons. The molecule has 0 saturated heterocycles. The Kier molecular flexibility index (Phi) is 3.80. The van der Waals surface area contributed by atoms with Crippen LogP contribution in [0.2, 0.25) is 5.02 Å². The van der Waals surface area contributed by atoms with Crippen LogP contribution in [-0.4, -0.2) is 21.8 Å². The van der Waals surface area contributed by atoms with Crippen LogP contribution in [0, 0.1) is 0 Å². The highest BCUT2D eigenvalue weighted by Gasteiger charge is 2.22. The average molecular weight is 330 g/mol. The highest BCUT2D eigenvalue weighted by Crippen LogP contribution is 2.33. The maximum Gasteiger partial charge on any atom is 0.308 e. The van der Waals surface area contributed by atoms with E-state index in [1.165, 1.54) is 31.2 Å². The molecule has 0 fully saturated rings. The maximum absolute atomic E-state index is 12.7. The topological polar surface area (TPSA) is 79.4 Å². The van der Waals surface area contributed by atoms with Crippen LogP contribution in [0.1, 0.15) is 23.0 Å². The first-order chi connectivity index (χ1) is 11.0. The van der Waals surface area contributed by atoms with E-state index in [1.807, 2.05) is 0 Å². The van der Waals surface area contributed by atoms with E-state index in [0.29, 0.717) is 21.5 Å². The second-order valence-electron chi connectivity index (χ2n) is 4.99. The largest absolute Gasteiger partial charge is 0.508 e. The molecule has 1 aromatic heterocycles. The molecule has 0 aliphatic rings. The number of ether oxygens (including phenoxy) is 1. The summed E-state index contributed by atoms with van der Waals surface area (Å²) in [6.45, 7) is 1.27. The Hall–Kier alpha value is -2.79. The lowest BCUT2D eigenvalue weighted by Crippen LogP contribution is -2.08. The first-order valence-corrected chi connectivity index (χ1v) is 7.17. The molecular weight excluding hydrogens is 318 g/mol. The van der Waals surface area contributed by atoms with Crippen molar-refractivity contribution in [2.24, 2.45) is 0 Å². The van der Waals surface area contributed by atoms with Crippen molar-refractivity contribution in [1.82, 2.24) is 4.98 Å². The maximum atomic E-state index is 12.7. The highest BCUT2D eigenvalue weighted by atomic mass is 35.5. The average Bonchev–Trinajstić information content (AvgIpc) is 2.84. The lowest BCUT2D eigenvalue weighted by Gasteiger charge is -2.04. The van der Waals surface area contributed by atoms with E-state index in [9.17, 15) is 14.7 Å². The number of carbonyl (C=O) groups excluding carboxylic acids is 2. The molecule has 0 spiro atoms. The molecule has 2 aromatic carbocycles. The number of fused-ring (bicyclic) bond motifs is 1. The van der Waals surface area contributed by atoms with Crippen molar-refractivity contribution in [3.05, 3.63) is 58.7 Å². The van der Waals surface area contributed by atoms with E-state index in [0.717, 1.165) is 0 Å². The van der Waals surface area contributed by atoms with Crippen molar-refractivity contribution >= 4 is 34.3 Å². The van der Waals surface area contributed by atoms with Gasteiger partial charge in [0.15, 0.2) is 5.75 Å². The van der Waals surface area contributed by atoms with Crippen molar-refractivity contribution in [2.75, 3.05) is 0 Å². The Labute approximate surface area is 136 Å². The zero-order valence-electron chi connectivity index (χ0n) is 12.1. The van der Waals surface area contributed by atoms with Crippen LogP contribution in [0.3, 0.4) is 0 Å². The number of phenols is 1. The zero-order chi connectivity index (χ0) is 16.6. The molecule has 116 valence electrons. The summed E-state index contributed by atoms with van der Waals surface area (Å²) in [5, 5.41) is 10.4. The number of nitrogens with one attached hydrogen (secondary N) is 1. The fraction of sp³-hybridized carbons (Fsp3) is 0.0588. The predicted molar refractivity (Wildman–Crippen MR) is 86.2 cm³/mol. The van der Waals surface area contributed by atoms with Gasteiger partial charge in [0.25, 0.3) is 0 Å². The van der Waals surface area contributed by atoms with Crippen LogP contribution in [0.5, 0.6) is 11.5 Å². The van der Waals surface area contributed by atoms with Gasteiger partial charge in [-0.05, 0) is 42.5 Å². The SMILES string of the molecule is CC(=O)Oc1c(C(=O)c2ccc(O)cc2)[nH]c2cc(Cl)ccc12. The van der Waals surface area contributed by atoms with Gasteiger partial charge < -0.3 is 14.8 Å². The molecule has 0 aliphatic heterocycles. The van der Waals surface area contributed by atoms with Crippen LogP contribution in [0.15, 0.2) is 42.5 Å². The second-order valence-corrected chi connectivity index (χ2v) is 5.43. The van der Waals surface area contributed by atoms with Gasteiger partial charge in [0, 0.05) is 22.9 Å². The van der Waals surface area contributed by atoms with Gasteiger partial charge in [0.1, 0.15) is 11.4 Å². The Morgan fingerprint density at radius 2 is 1.83 bits per heavy atom. The van der Waals surface area contributed by atoms with E-state index < -0.39 is 5.97 Å². The minimum atomic E-state index is -0.527. The van der Waals surface area contributed by atoms with Gasteiger partial charge in [-0.1, -0.05) is 11.6 Å². The number of aromatic nitrogens is 1. The standard InChI is InChI=1S/C17H12ClNO4/c1-9(20)23-17-13-7-4-11(18)8-14(13)19-15(17)16(22)10-2-5-12(21)6-3-10/h2-8,19,21H,1H3. The quantitative estimate of drug-likeness (QED) is 0.567. The normalized spacial score (nSPS) is 10.7. The summed E-state index contributed by atoms with van der Waals surface area (Å²) in [5.74, 6) is -0.651. The van der Waals surface area contributed by atoms with E-state index in [1.54, 1.807) is 18.2 Å². The smallest absolute Gasteiger partial charge is 0.308 e. The monoisotopic (exact) mass is 329 g/mol. The van der Waals surface area contributed by atoms with Crippen LogP contribution in [0.4, 0.5) is 0 Å². The third-order valence-corrected chi connectivity index (χ3v) is 3.55. The number of esters is 1. The molecule has 1 heterocycles. The molecular formula is C17H12ClNO4. The number of H-pyrrole nitrogens is 1. The van der Waals surface area contributed by atoms with Gasteiger partial charge in [-0.15, -0.1) is 0 Å². The van der Waals surface area contributed by atoms with Crippen LogP contribution in [-0.2, 0) is 4.79 Å². The molecule has 2 N–H and O–H groups in total. The number of hydrogen-bond donors (Lipinski definition) is 2. The summed E-state index contributed by atoms with van der Waals surface area (Å²) < 4.78 is 5.22. The fourth-order valence-corrected chi connectivity index (χ4v) is 2.48. The van der Waals surface area contributed by atoms with E-state index in [-0.39, 0.29) is 23.0 Å². The summed E-state index contributed by atoms with van der Waals surface area (Å²) in [6, 6.07) is 10.8. The molecule has 6 heteroatoms. The number of phenolic OH excluding ortho intramolecular Hbond substituents is 1. The summed E-state index contributed by atoms with van der Waals surface area (Å²) >= 11 is 5.96. The molecule has 5 nitrogen and oxygen atoms in total. The Morgan fingerprint density at radius 3 is 2.48 bits per heavy atom. The molecule has 0 atom stereocenters. The third-order valence-electron chi connectivity index (χ3n) is 3.32. The minimum Gasteiger partial charge on any atom is -0.508 e. The summed E-state index contributed by atoms with van der Waals surface area (Å²) in [6.07, 6.45) is 0. The number of halogens is 1. The lowest BCUT2D eigenvalue weighted by molar-refractivity contribution is -0.131. The van der Waals surface area contributed by atoms with E-state index >= 15 is 0 Å². The molecule has 3 aromatic rings.